The second-order valence-electron chi connectivity index (χ2n) is 10.4. The lowest BCUT2D eigenvalue weighted by Crippen LogP contribution is -2.59. The Labute approximate surface area is 210 Å². The molecule has 8 heteroatoms. The Hall–Kier alpha value is -2.19. The molecule has 8 nitrogen and oxygen atoms in total. The lowest BCUT2D eigenvalue weighted by molar-refractivity contribution is -0.153. The van der Waals surface area contributed by atoms with Gasteiger partial charge in [0.05, 0.1) is 30.6 Å². The van der Waals surface area contributed by atoms with E-state index < -0.39 is 29.5 Å². The summed E-state index contributed by atoms with van der Waals surface area (Å²) in [6, 6.07) is -1.39. The molecule has 2 bridgehead atoms. The second-order valence-corrected chi connectivity index (χ2v) is 10.4. The van der Waals surface area contributed by atoms with Crippen molar-refractivity contribution in [3.63, 3.8) is 0 Å². The number of rotatable bonds is 13. The molecule has 196 valence electrons. The SMILES string of the molecule is C=CCN(C)C(=O)[C@@H]1[C@@H]2CCC3(O2)C(C(=O)N(CC=C)CCCC)N([C@@H](CO)[C@@H](C)CC)C(=O)[C@H]13. The molecular formula is C27H43N3O5. The number of fused-ring (bicyclic) bond motifs is 1. The van der Waals surface area contributed by atoms with Gasteiger partial charge in [0.15, 0.2) is 0 Å². The van der Waals surface area contributed by atoms with Crippen LogP contribution in [0.25, 0.3) is 0 Å². The smallest absolute Gasteiger partial charge is 0.248 e. The summed E-state index contributed by atoms with van der Waals surface area (Å²) in [5, 5.41) is 10.4. The summed E-state index contributed by atoms with van der Waals surface area (Å²) in [7, 11) is 1.70. The van der Waals surface area contributed by atoms with Crippen molar-refractivity contribution in [3.8, 4) is 0 Å². The van der Waals surface area contributed by atoms with Gasteiger partial charge in [-0.15, -0.1) is 13.2 Å². The first-order valence-electron chi connectivity index (χ1n) is 13.1. The molecule has 3 saturated heterocycles. The molecule has 7 atom stereocenters. The van der Waals surface area contributed by atoms with Gasteiger partial charge in [-0.2, -0.15) is 0 Å². The van der Waals surface area contributed by atoms with Crippen molar-refractivity contribution in [2.24, 2.45) is 17.8 Å². The minimum absolute atomic E-state index is 0.0206. The van der Waals surface area contributed by atoms with Crippen LogP contribution in [0, 0.1) is 17.8 Å². The minimum Gasteiger partial charge on any atom is -0.394 e. The topological polar surface area (TPSA) is 90.4 Å². The first kappa shape index (κ1) is 27.4. The summed E-state index contributed by atoms with van der Waals surface area (Å²) in [5.74, 6) is -1.96. The van der Waals surface area contributed by atoms with Crippen LogP contribution in [-0.2, 0) is 19.1 Å². The number of ether oxygens (including phenoxy) is 1. The average molecular weight is 490 g/mol. The maximum Gasteiger partial charge on any atom is 0.248 e. The molecule has 1 N–H and O–H groups in total. The van der Waals surface area contributed by atoms with E-state index in [-0.39, 0.29) is 36.4 Å². The number of hydrogen-bond acceptors (Lipinski definition) is 5. The van der Waals surface area contributed by atoms with E-state index in [1.54, 1.807) is 33.9 Å². The van der Waals surface area contributed by atoms with Crippen LogP contribution in [0.15, 0.2) is 25.3 Å². The van der Waals surface area contributed by atoms with Crippen LogP contribution >= 0.6 is 0 Å². The molecule has 0 aliphatic carbocycles. The van der Waals surface area contributed by atoms with Crippen LogP contribution < -0.4 is 0 Å². The Balaban J connectivity index is 2.09. The molecule has 1 spiro atoms. The van der Waals surface area contributed by atoms with Gasteiger partial charge in [0.2, 0.25) is 17.7 Å². The van der Waals surface area contributed by atoms with Gasteiger partial charge >= 0.3 is 0 Å². The van der Waals surface area contributed by atoms with Crippen LogP contribution in [0.2, 0.25) is 0 Å². The van der Waals surface area contributed by atoms with Crippen molar-refractivity contribution in [1.82, 2.24) is 14.7 Å². The van der Waals surface area contributed by atoms with Gasteiger partial charge in [-0.25, -0.2) is 0 Å². The van der Waals surface area contributed by atoms with Gasteiger partial charge in [0.25, 0.3) is 0 Å². The fraction of sp³-hybridized carbons (Fsp3) is 0.741. The number of hydrogen-bond donors (Lipinski definition) is 1. The molecule has 0 saturated carbocycles. The van der Waals surface area contributed by atoms with Gasteiger partial charge in [-0.3, -0.25) is 14.4 Å². The third kappa shape index (κ3) is 4.55. The van der Waals surface area contributed by atoms with Crippen molar-refractivity contribution < 1.29 is 24.2 Å². The van der Waals surface area contributed by atoms with Crippen molar-refractivity contribution in [1.29, 1.82) is 0 Å². The fourth-order valence-electron chi connectivity index (χ4n) is 6.33. The van der Waals surface area contributed by atoms with E-state index in [1.165, 1.54) is 0 Å². The number of likely N-dealkylation sites (tertiary alicyclic amines) is 1. The fourth-order valence-corrected chi connectivity index (χ4v) is 6.33. The monoisotopic (exact) mass is 489 g/mol. The molecule has 3 aliphatic rings. The third-order valence-electron chi connectivity index (χ3n) is 8.32. The predicted molar refractivity (Wildman–Crippen MR) is 134 cm³/mol. The number of aliphatic hydroxyl groups is 1. The highest BCUT2D eigenvalue weighted by molar-refractivity contribution is 5.99. The summed E-state index contributed by atoms with van der Waals surface area (Å²) in [6.45, 7) is 14.7. The number of aliphatic hydroxyl groups excluding tert-OH is 1. The normalized spacial score (nSPS) is 30.7. The van der Waals surface area contributed by atoms with E-state index in [1.807, 2.05) is 13.8 Å². The van der Waals surface area contributed by atoms with Crippen molar-refractivity contribution >= 4 is 17.7 Å². The molecule has 3 heterocycles. The van der Waals surface area contributed by atoms with Crippen LogP contribution in [0.1, 0.15) is 52.9 Å². The largest absolute Gasteiger partial charge is 0.394 e. The highest BCUT2D eigenvalue weighted by atomic mass is 16.5. The summed E-state index contributed by atoms with van der Waals surface area (Å²) >= 11 is 0. The molecular weight excluding hydrogens is 446 g/mol. The molecule has 3 aliphatic heterocycles. The molecule has 0 aromatic carbocycles. The van der Waals surface area contributed by atoms with E-state index in [0.717, 1.165) is 19.3 Å². The Morgan fingerprint density at radius 1 is 1.26 bits per heavy atom. The van der Waals surface area contributed by atoms with Gasteiger partial charge in [0.1, 0.15) is 11.6 Å². The standard InChI is InChI=1S/C27H43N3O5/c1-7-11-16-29(15-9-3)26(34)23-27-13-12-20(35-27)21(24(32)28(6)14-8-2)22(27)25(33)30(23)19(17-31)18(5)10-4/h8-9,18-23,31H,2-3,7,10-17H2,1,4-6H3/t18-,19-,20-,21+,22-,23?,27?/m0/s1. The Kier molecular flexibility index (Phi) is 8.81. The molecule has 2 unspecified atom stereocenters. The predicted octanol–water partition coefficient (Wildman–Crippen LogP) is 2.23. The van der Waals surface area contributed by atoms with E-state index in [4.69, 9.17) is 4.74 Å². The van der Waals surface area contributed by atoms with Crippen LogP contribution in [0.3, 0.4) is 0 Å². The molecule has 0 aromatic heterocycles. The van der Waals surface area contributed by atoms with E-state index >= 15 is 0 Å². The zero-order chi connectivity index (χ0) is 25.9. The van der Waals surface area contributed by atoms with Crippen LogP contribution in [0.5, 0.6) is 0 Å². The number of carbonyl (C=O) groups is 3. The lowest BCUT2D eigenvalue weighted by atomic mass is 9.70. The first-order chi connectivity index (χ1) is 16.7. The summed E-state index contributed by atoms with van der Waals surface area (Å²) < 4.78 is 6.53. The molecule has 3 rings (SSSR count). The number of likely N-dealkylation sites (N-methyl/N-ethyl adjacent to an activating group) is 1. The van der Waals surface area contributed by atoms with Gasteiger partial charge in [-0.05, 0) is 25.2 Å². The molecule has 0 radical (unpaired) electrons. The van der Waals surface area contributed by atoms with Gasteiger partial charge in [0, 0.05) is 26.7 Å². The van der Waals surface area contributed by atoms with E-state index in [9.17, 15) is 19.5 Å². The van der Waals surface area contributed by atoms with E-state index in [0.29, 0.717) is 32.5 Å². The first-order valence-corrected chi connectivity index (χ1v) is 13.1. The van der Waals surface area contributed by atoms with E-state index in [2.05, 4.69) is 20.1 Å². The van der Waals surface area contributed by atoms with Crippen molar-refractivity contribution in [3.05, 3.63) is 25.3 Å². The Bertz CT molecular complexity index is 832. The second kappa shape index (κ2) is 11.2. The zero-order valence-electron chi connectivity index (χ0n) is 21.8. The number of unbranched alkanes of at least 4 members (excludes halogenated alkanes) is 1. The van der Waals surface area contributed by atoms with Crippen LogP contribution in [0.4, 0.5) is 0 Å². The molecule has 3 amide bonds. The quantitative estimate of drug-likeness (QED) is 0.401. The third-order valence-corrected chi connectivity index (χ3v) is 8.32. The zero-order valence-corrected chi connectivity index (χ0v) is 21.8. The highest BCUT2D eigenvalue weighted by Gasteiger charge is 2.75. The average Bonchev–Trinajstić information content (AvgIpc) is 3.49. The maximum atomic E-state index is 14.2. The number of carbonyl (C=O) groups excluding carboxylic acids is 3. The van der Waals surface area contributed by atoms with Crippen LogP contribution in [-0.4, -0.2) is 94.6 Å². The van der Waals surface area contributed by atoms with Crippen molar-refractivity contribution in [2.45, 2.75) is 76.7 Å². The molecule has 0 aromatic rings. The number of nitrogens with zero attached hydrogens (tertiary/aromatic N) is 3. The van der Waals surface area contributed by atoms with Gasteiger partial charge in [-0.1, -0.05) is 45.8 Å². The number of amides is 3. The van der Waals surface area contributed by atoms with Gasteiger partial charge < -0.3 is 24.5 Å². The maximum absolute atomic E-state index is 14.2. The Morgan fingerprint density at radius 3 is 2.51 bits per heavy atom. The minimum atomic E-state index is -1.05. The van der Waals surface area contributed by atoms with Crippen molar-refractivity contribution in [2.75, 3.05) is 33.3 Å². The summed E-state index contributed by atoms with van der Waals surface area (Å²) in [5.41, 5.74) is -1.05. The lowest BCUT2D eigenvalue weighted by Gasteiger charge is -2.41. The Morgan fingerprint density at radius 2 is 1.94 bits per heavy atom. The summed E-state index contributed by atoms with van der Waals surface area (Å²) in [6.07, 6.45) is 6.65. The molecule has 35 heavy (non-hydrogen) atoms. The molecule has 3 fully saturated rings. The highest BCUT2D eigenvalue weighted by Crippen LogP contribution is 2.59. The summed E-state index contributed by atoms with van der Waals surface area (Å²) in [4.78, 5) is 46.7.